The van der Waals surface area contributed by atoms with Crippen molar-refractivity contribution in [2.45, 2.75) is 38.6 Å². The van der Waals surface area contributed by atoms with Gasteiger partial charge in [0.05, 0.1) is 12.1 Å². The highest BCUT2D eigenvalue weighted by atomic mass is 16.5. The van der Waals surface area contributed by atoms with Crippen molar-refractivity contribution in [2.75, 3.05) is 43.6 Å². The molecule has 180 valence electrons. The van der Waals surface area contributed by atoms with Crippen LogP contribution in [0.2, 0.25) is 0 Å². The molecule has 0 atom stereocenters. The number of hydrogen-bond acceptors (Lipinski definition) is 6. The van der Waals surface area contributed by atoms with Crippen LogP contribution in [0.25, 0.3) is 10.9 Å². The molecule has 2 amide bonds. The van der Waals surface area contributed by atoms with Crippen LogP contribution in [0.5, 0.6) is 5.75 Å². The third-order valence-electron chi connectivity index (χ3n) is 6.11. The van der Waals surface area contributed by atoms with Crippen LogP contribution in [0, 0.1) is 0 Å². The molecule has 0 bridgehead atoms. The lowest BCUT2D eigenvalue weighted by atomic mass is 10.0. The Labute approximate surface area is 200 Å². The minimum atomic E-state index is -0.163. The van der Waals surface area contributed by atoms with E-state index in [4.69, 9.17) is 9.47 Å². The first-order valence-electron chi connectivity index (χ1n) is 11.8. The SMILES string of the molecule is COCCOc1ccc2c(N3CCC(NC(=O)Nc4ccc(C(C)C)cc4)CC3)ncnc2c1. The molecule has 8 nitrogen and oxygen atoms in total. The molecule has 34 heavy (non-hydrogen) atoms. The number of carbonyl (C=O) groups is 1. The second-order valence-electron chi connectivity index (χ2n) is 8.85. The van der Waals surface area contributed by atoms with Crippen molar-refractivity contribution >= 4 is 28.4 Å². The summed E-state index contributed by atoms with van der Waals surface area (Å²) < 4.78 is 10.7. The summed E-state index contributed by atoms with van der Waals surface area (Å²) in [6.45, 7) is 6.97. The summed E-state index contributed by atoms with van der Waals surface area (Å²) in [6.07, 6.45) is 3.30. The monoisotopic (exact) mass is 463 g/mol. The third kappa shape index (κ3) is 5.94. The minimum absolute atomic E-state index is 0.125. The Hall–Kier alpha value is -3.39. The topological polar surface area (TPSA) is 88.6 Å². The number of amides is 2. The van der Waals surface area contributed by atoms with Gasteiger partial charge in [-0.25, -0.2) is 14.8 Å². The fourth-order valence-electron chi connectivity index (χ4n) is 4.15. The molecule has 0 aliphatic carbocycles. The molecular weight excluding hydrogens is 430 g/mol. The van der Waals surface area contributed by atoms with Crippen molar-refractivity contribution < 1.29 is 14.3 Å². The zero-order valence-corrected chi connectivity index (χ0v) is 20.1. The van der Waals surface area contributed by atoms with E-state index in [1.54, 1.807) is 13.4 Å². The zero-order chi connectivity index (χ0) is 23.9. The second kappa shape index (κ2) is 11.2. The van der Waals surface area contributed by atoms with Gasteiger partial charge in [-0.3, -0.25) is 0 Å². The first kappa shape index (κ1) is 23.8. The Balaban J connectivity index is 1.32. The van der Waals surface area contributed by atoms with Crippen LogP contribution in [0.3, 0.4) is 0 Å². The van der Waals surface area contributed by atoms with Crippen molar-refractivity contribution in [1.82, 2.24) is 15.3 Å². The Bertz CT molecular complexity index is 1100. The summed E-state index contributed by atoms with van der Waals surface area (Å²) in [5.41, 5.74) is 2.91. The first-order valence-corrected chi connectivity index (χ1v) is 11.8. The third-order valence-corrected chi connectivity index (χ3v) is 6.11. The number of methoxy groups -OCH3 is 1. The highest BCUT2D eigenvalue weighted by Crippen LogP contribution is 2.28. The average Bonchev–Trinajstić information content (AvgIpc) is 2.84. The van der Waals surface area contributed by atoms with Gasteiger partial charge in [0.15, 0.2) is 0 Å². The summed E-state index contributed by atoms with van der Waals surface area (Å²) in [5.74, 6) is 2.15. The van der Waals surface area contributed by atoms with Gasteiger partial charge in [0.1, 0.15) is 24.5 Å². The van der Waals surface area contributed by atoms with Crippen LogP contribution in [0.4, 0.5) is 16.3 Å². The predicted molar refractivity (Wildman–Crippen MR) is 135 cm³/mol. The van der Waals surface area contributed by atoms with E-state index in [2.05, 4.69) is 51.5 Å². The molecule has 1 aliphatic rings. The molecule has 1 saturated heterocycles. The van der Waals surface area contributed by atoms with Crippen LogP contribution < -0.4 is 20.3 Å². The fraction of sp³-hybridized carbons (Fsp3) is 0.423. The molecule has 1 fully saturated rings. The number of nitrogens with one attached hydrogen (secondary N) is 2. The van der Waals surface area contributed by atoms with Crippen molar-refractivity contribution in [3.8, 4) is 5.75 Å². The highest BCUT2D eigenvalue weighted by Gasteiger charge is 2.23. The number of nitrogens with zero attached hydrogens (tertiary/aromatic N) is 3. The molecule has 0 radical (unpaired) electrons. The predicted octanol–water partition coefficient (Wildman–Crippen LogP) is 4.57. The van der Waals surface area contributed by atoms with Gasteiger partial charge in [-0.1, -0.05) is 26.0 Å². The van der Waals surface area contributed by atoms with E-state index in [0.717, 1.165) is 54.1 Å². The number of aromatic nitrogens is 2. The first-order chi connectivity index (χ1) is 16.5. The molecule has 1 aromatic heterocycles. The standard InChI is InChI=1S/C26H33N5O3/c1-18(2)19-4-6-20(7-5-19)29-26(32)30-21-10-12-31(13-11-21)25-23-9-8-22(34-15-14-33-3)16-24(23)27-17-28-25/h4-9,16-18,21H,10-15H2,1-3H3,(H2,29,30,32). The normalized spacial score (nSPS) is 14.4. The summed E-state index contributed by atoms with van der Waals surface area (Å²) in [5, 5.41) is 7.05. The number of ether oxygens (including phenoxy) is 2. The number of hydrogen-bond donors (Lipinski definition) is 2. The number of fused-ring (bicyclic) bond motifs is 1. The van der Waals surface area contributed by atoms with E-state index < -0.39 is 0 Å². The lowest BCUT2D eigenvalue weighted by Crippen LogP contribution is -2.46. The van der Waals surface area contributed by atoms with Crippen LogP contribution >= 0.6 is 0 Å². The number of anilines is 2. The van der Waals surface area contributed by atoms with Crippen LogP contribution in [-0.4, -0.2) is 55.5 Å². The number of carbonyl (C=O) groups excluding carboxylic acids is 1. The van der Waals surface area contributed by atoms with Crippen LogP contribution in [0.1, 0.15) is 38.2 Å². The maximum atomic E-state index is 12.5. The number of benzene rings is 2. The summed E-state index contributed by atoms with van der Waals surface area (Å²) in [6, 6.07) is 13.9. The summed E-state index contributed by atoms with van der Waals surface area (Å²) in [4.78, 5) is 23.7. The molecule has 2 aromatic carbocycles. The van der Waals surface area contributed by atoms with Gasteiger partial charge in [0.2, 0.25) is 0 Å². The van der Waals surface area contributed by atoms with Gasteiger partial charge < -0.3 is 25.0 Å². The molecule has 0 spiro atoms. The lowest BCUT2D eigenvalue weighted by molar-refractivity contribution is 0.146. The van der Waals surface area contributed by atoms with E-state index in [-0.39, 0.29) is 12.1 Å². The average molecular weight is 464 g/mol. The quantitative estimate of drug-likeness (QED) is 0.476. The van der Waals surface area contributed by atoms with E-state index in [1.165, 1.54) is 5.56 Å². The van der Waals surface area contributed by atoms with E-state index in [0.29, 0.717) is 19.1 Å². The maximum absolute atomic E-state index is 12.5. The van der Waals surface area contributed by atoms with Crippen molar-refractivity contribution in [3.05, 3.63) is 54.4 Å². The number of rotatable bonds is 8. The Morgan fingerprint density at radius 3 is 2.56 bits per heavy atom. The Morgan fingerprint density at radius 2 is 1.85 bits per heavy atom. The molecule has 3 aromatic rings. The molecule has 2 N–H and O–H groups in total. The largest absolute Gasteiger partial charge is 0.491 e. The molecule has 0 saturated carbocycles. The molecule has 8 heteroatoms. The molecule has 0 unspecified atom stereocenters. The second-order valence-corrected chi connectivity index (χ2v) is 8.85. The van der Waals surface area contributed by atoms with E-state index in [9.17, 15) is 4.79 Å². The van der Waals surface area contributed by atoms with Crippen molar-refractivity contribution in [1.29, 1.82) is 0 Å². The summed E-state index contributed by atoms with van der Waals surface area (Å²) in [7, 11) is 1.65. The van der Waals surface area contributed by atoms with Gasteiger partial charge in [-0.2, -0.15) is 0 Å². The van der Waals surface area contributed by atoms with Gasteiger partial charge in [-0.15, -0.1) is 0 Å². The number of piperidine rings is 1. The van der Waals surface area contributed by atoms with Crippen LogP contribution in [-0.2, 0) is 4.74 Å². The van der Waals surface area contributed by atoms with E-state index >= 15 is 0 Å². The van der Waals surface area contributed by atoms with Crippen molar-refractivity contribution in [3.63, 3.8) is 0 Å². The lowest BCUT2D eigenvalue weighted by Gasteiger charge is -2.33. The van der Waals surface area contributed by atoms with Gasteiger partial charge >= 0.3 is 6.03 Å². The van der Waals surface area contributed by atoms with Gasteiger partial charge in [0.25, 0.3) is 0 Å². The Morgan fingerprint density at radius 1 is 1.09 bits per heavy atom. The van der Waals surface area contributed by atoms with Gasteiger partial charge in [-0.05, 0) is 48.6 Å². The minimum Gasteiger partial charge on any atom is -0.491 e. The molecule has 2 heterocycles. The fourth-order valence-corrected chi connectivity index (χ4v) is 4.15. The summed E-state index contributed by atoms with van der Waals surface area (Å²) >= 11 is 0. The highest BCUT2D eigenvalue weighted by molar-refractivity contribution is 5.91. The Kier molecular flexibility index (Phi) is 7.80. The molecule has 4 rings (SSSR count). The van der Waals surface area contributed by atoms with Gasteiger partial charge in [0, 0.05) is 43.4 Å². The zero-order valence-electron chi connectivity index (χ0n) is 20.1. The maximum Gasteiger partial charge on any atom is 0.319 e. The smallest absolute Gasteiger partial charge is 0.319 e. The number of urea groups is 1. The van der Waals surface area contributed by atoms with Crippen molar-refractivity contribution in [2.24, 2.45) is 0 Å². The molecule has 1 aliphatic heterocycles. The van der Waals surface area contributed by atoms with Crippen LogP contribution in [0.15, 0.2) is 48.8 Å². The van der Waals surface area contributed by atoms with E-state index in [1.807, 2.05) is 30.3 Å². The molecular formula is C26H33N5O3.